The lowest BCUT2D eigenvalue weighted by atomic mass is 10.0. The number of benzene rings is 1. The monoisotopic (exact) mass is 366 g/mol. The second-order valence-corrected chi connectivity index (χ2v) is 7.34. The summed E-state index contributed by atoms with van der Waals surface area (Å²) >= 11 is 0. The van der Waals surface area contributed by atoms with Gasteiger partial charge in [-0.2, -0.15) is 4.39 Å². The number of para-hydroxylation sites is 2. The Balaban J connectivity index is 1.34. The van der Waals surface area contributed by atoms with Crippen LogP contribution >= 0.6 is 0 Å². The molecule has 138 valence electrons. The lowest BCUT2D eigenvalue weighted by molar-refractivity contribution is 0.533. The van der Waals surface area contributed by atoms with Crippen LogP contribution in [0.3, 0.4) is 0 Å². The molecular weight excluding hydrogens is 347 g/mol. The molecule has 2 aromatic heterocycles. The average molecular weight is 366 g/mol. The van der Waals surface area contributed by atoms with Gasteiger partial charge in [-0.05, 0) is 19.1 Å². The van der Waals surface area contributed by atoms with E-state index >= 15 is 0 Å². The summed E-state index contributed by atoms with van der Waals surface area (Å²) < 4.78 is 13.5. The van der Waals surface area contributed by atoms with Gasteiger partial charge in [-0.15, -0.1) is 0 Å². The number of anilines is 2. The molecule has 2 aliphatic heterocycles. The molecule has 2 fully saturated rings. The molecule has 2 unspecified atom stereocenters. The van der Waals surface area contributed by atoms with Crippen molar-refractivity contribution in [3.05, 3.63) is 52.3 Å². The summed E-state index contributed by atoms with van der Waals surface area (Å²) in [5, 5.41) is 0. The predicted molar refractivity (Wildman–Crippen MR) is 100 cm³/mol. The van der Waals surface area contributed by atoms with Gasteiger partial charge in [-0.1, -0.05) is 12.1 Å². The number of aromatic amines is 1. The van der Waals surface area contributed by atoms with Crippen LogP contribution in [0, 0.1) is 24.6 Å². The normalized spacial score (nSPS) is 21.9. The molecule has 2 saturated heterocycles. The fourth-order valence-electron chi connectivity index (χ4n) is 4.16. The van der Waals surface area contributed by atoms with Crippen molar-refractivity contribution in [2.75, 3.05) is 36.0 Å². The van der Waals surface area contributed by atoms with Crippen LogP contribution < -0.4 is 15.4 Å². The van der Waals surface area contributed by atoms with E-state index in [4.69, 9.17) is 4.98 Å². The van der Waals surface area contributed by atoms with Crippen molar-refractivity contribution in [2.24, 2.45) is 11.8 Å². The maximum Gasteiger partial charge on any atom is 0.288 e. The lowest BCUT2D eigenvalue weighted by Gasteiger charge is -2.22. The Morgan fingerprint density at radius 2 is 1.70 bits per heavy atom. The van der Waals surface area contributed by atoms with E-state index < -0.39 is 11.4 Å². The molecule has 4 heterocycles. The Morgan fingerprint density at radius 1 is 1.04 bits per heavy atom. The SMILES string of the molecule is Cc1nc(N2CC3CN(c4cnc5ccccc5n4)CC3C2)[nH]c(=O)c1F. The molecule has 0 spiro atoms. The summed E-state index contributed by atoms with van der Waals surface area (Å²) in [6.07, 6.45) is 1.84. The zero-order chi connectivity index (χ0) is 18.5. The van der Waals surface area contributed by atoms with Gasteiger partial charge in [0.05, 0.1) is 22.9 Å². The minimum atomic E-state index is -0.806. The predicted octanol–water partition coefficient (Wildman–Crippen LogP) is 1.73. The highest BCUT2D eigenvalue weighted by Gasteiger charge is 2.41. The summed E-state index contributed by atoms with van der Waals surface area (Å²) in [5.41, 5.74) is 1.23. The van der Waals surface area contributed by atoms with Crippen LogP contribution in [0.5, 0.6) is 0 Å². The minimum absolute atomic E-state index is 0.138. The number of H-pyrrole nitrogens is 1. The second-order valence-electron chi connectivity index (χ2n) is 7.34. The molecule has 0 bridgehead atoms. The Morgan fingerprint density at radius 3 is 2.41 bits per heavy atom. The molecule has 27 heavy (non-hydrogen) atoms. The number of hydrogen-bond donors (Lipinski definition) is 1. The average Bonchev–Trinajstić information content (AvgIpc) is 3.24. The topological polar surface area (TPSA) is 78.0 Å². The molecule has 7 nitrogen and oxygen atoms in total. The first kappa shape index (κ1) is 16.2. The van der Waals surface area contributed by atoms with E-state index in [0.29, 0.717) is 17.8 Å². The number of halogens is 1. The zero-order valence-corrected chi connectivity index (χ0v) is 14.9. The van der Waals surface area contributed by atoms with Crippen LogP contribution in [-0.2, 0) is 0 Å². The number of nitrogens with zero attached hydrogens (tertiary/aromatic N) is 5. The van der Waals surface area contributed by atoms with E-state index in [0.717, 1.165) is 43.0 Å². The van der Waals surface area contributed by atoms with Crippen molar-refractivity contribution in [2.45, 2.75) is 6.92 Å². The highest BCUT2D eigenvalue weighted by atomic mass is 19.1. The molecule has 0 aliphatic carbocycles. The van der Waals surface area contributed by atoms with Crippen LogP contribution in [0.1, 0.15) is 5.69 Å². The third-order valence-corrected chi connectivity index (χ3v) is 5.56. The smallest absolute Gasteiger partial charge is 0.288 e. The minimum Gasteiger partial charge on any atom is -0.355 e. The highest BCUT2D eigenvalue weighted by Crippen LogP contribution is 2.34. The summed E-state index contributed by atoms with van der Waals surface area (Å²) in [6, 6.07) is 7.86. The molecule has 2 atom stereocenters. The molecule has 3 aromatic rings. The van der Waals surface area contributed by atoms with Crippen molar-refractivity contribution in [1.29, 1.82) is 0 Å². The summed E-state index contributed by atoms with van der Waals surface area (Å²) in [7, 11) is 0. The first-order valence-corrected chi connectivity index (χ1v) is 9.06. The standard InChI is InChI=1S/C19H19FN6O/c1-11-17(20)18(27)24-19(22-11)26-9-12-7-25(8-13(12)10-26)16-6-21-14-4-2-3-5-15(14)23-16/h2-6,12-13H,7-10H2,1H3,(H,22,24,27). The van der Waals surface area contributed by atoms with Crippen LogP contribution in [0.2, 0.25) is 0 Å². The summed E-state index contributed by atoms with van der Waals surface area (Å²) in [5.74, 6) is 1.46. The van der Waals surface area contributed by atoms with E-state index in [2.05, 4.69) is 19.9 Å². The molecule has 1 aromatic carbocycles. The quantitative estimate of drug-likeness (QED) is 0.744. The van der Waals surface area contributed by atoms with Crippen LogP contribution in [0.25, 0.3) is 11.0 Å². The summed E-state index contributed by atoms with van der Waals surface area (Å²) in [6.45, 7) is 4.87. The van der Waals surface area contributed by atoms with Crippen molar-refractivity contribution >= 4 is 22.8 Å². The van der Waals surface area contributed by atoms with Crippen LogP contribution in [-0.4, -0.2) is 46.1 Å². The number of nitrogens with one attached hydrogen (secondary N) is 1. The van der Waals surface area contributed by atoms with E-state index in [1.165, 1.54) is 6.92 Å². The van der Waals surface area contributed by atoms with Crippen LogP contribution in [0.4, 0.5) is 16.2 Å². The lowest BCUT2D eigenvalue weighted by Crippen LogP contribution is -2.32. The number of rotatable bonds is 2. The second kappa shape index (κ2) is 6.00. The zero-order valence-electron chi connectivity index (χ0n) is 14.9. The maximum absolute atomic E-state index is 13.5. The van der Waals surface area contributed by atoms with Gasteiger partial charge >= 0.3 is 0 Å². The number of aromatic nitrogens is 4. The van der Waals surface area contributed by atoms with Gasteiger partial charge < -0.3 is 9.80 Å². The first-order valence-electron chi connectivity index (χ1n) is 9.06. The molecular formula is C19H19FN6O. The highest BCUT2D eigenvalue weighted by molar-refractivity contribution is 5.75. The molecule has 0 radical (unpaired) electrons. The van der Waals surface area contributed by atoms with Crippen molar-refractivity contribution in [3.63, 3.8) is 0 Å². The molecule has 0 amide bonds. The molecule has 1 N–H and O–H groups in total. The number of aryl methyl sites for hydroxylation is 1. The number of fused-ring (bicyclic) bond motifs is 2. The van der Waals surface area contributed by atoms with Gasteiger partial charge in [-0.25, -0.2) is 9.97 Å². The Bertz CT molecular complexity index is 1070. The van der Waals surface area contributed by atoms with E-state index in [-0.39, 0.29) is 5.69 Å². The van der Waals surface area contributed by atoms with Crippen molar-refractivity contribution in [1.82, 2.24) is 19.9 Å². The maximum atomic E-state index is 13.5. The van der Waals surface area contributed by atoms with Crippen LogP contribution in [0.15, 0.2) is 35.3 Å². The third-order valence-electron chi connectivity index (χ3n) is 5.56. The van der Waals surface area contributed by atoms with Crippen molar-refractivity contribution in [3.8, 4) is 0 Å². The Hall–Kier alpha value is -3.03. The Kier molecular flexibility index (Phi) is 3.60. The van der Waals surface area contributed by atoms with Gasteiger partial charge in [-0.3, -0.25) is 14.8 Å². The van der Waals surface area contributed by atoms with Gasteiger partial charge in [0.1, 0.15) is 5.82 Å². The molecule has 2 aliphatic rings. The van der Waals surface area contributed by atoms with Gasteiger partial charge in [0.15, 0.2) is 0 Å². The van der Waals surface area contributed by atoms with Crippen molar-refractivity contribution < 1.29 is 4.39 Å². The van der Waals surface area contributed by atoms with Gasteiger partial charge in [0.2, 0.25) is 11.8 Å². The summed E-state index contributed by atoms with van der Waals surface area (Å²) in [4.78, 5) is 32.0. The molecule has 5 rings (SSSR count). The third kappa shape index (κ3) is 2.72. The molecule has 0 saturated carbocycles. The van der Waals surface area contributed by atoms with Gasteiger partial charge in [0.25, 0.3) is 5.56 Å². The fourth-order valence-corrected chi connectivity index (χ4v) is 4.16. The first-order chi connectivity index (χ1) is 13.1. The number of hydrogen-bond acceptors (Lipinski definition) is 6. The van der Waals surface area contributed by atoms with E-state index in [1.807, 2.05) is 35.4 Å². The van der Waals surface area contributed by atoms with Gasteiger partial charge in [0, 0.05) is 38.0 Å². The Labute approximate surface area is 154 Å². The fraction of sp³-hybridized carbons (Fsp3) is 0.368. The van der Waals surface area contributed by atoms with E-state index in [1.54, 1.807) is 0 Å². The van der Waals surface area contributed by atoms with E-state index in [9.17, 15) is 9.18 Å². The largest absolute Gasteiger partial charge is 0.355 e. The molecule has 8 heteroatoms.